The maximum atomic E-state index is 8.89. The van der Waals surface area contributed by atoms with Crippen molar-refractivity contribution in [3.05, 3.63) is 29.8 Å². The van der Waals surface area contributed by atoms with Gasteiger partial charge in [-0.25, -0.2) is 0 Å². The second-order valence-corrected chi connectivity index (χ2v) is 2.77. The van der Waals surface area contributed by atoms with Crippen molar-refractivity contribution in [1.82, 2.24) is 0 Å². The molecule has 1 unspecified atom stereocenters. The lowest BCUT2D eigenvalue weighted by atomic mass is 10.2. The van der Waals surface area contributed by atoms with Crippen molar-refractivity contribution in [3.8, 4) is 11.8 Å². The first-order valence-electron chi connectivity index (χ1n) is 3.99. The fourth-order valence-corrected chi connectivity index (χ4v) is 0.847. The van der Waals surface area contributed by atoms with Crippen LogP contribution in [-0.4, -0.2) is 17.8 Å². The molecule has 13 heavy (non-hydrogen) atoms. The first-order valence-corrected chi connectivity index (χ1v) is 3.99. The third-order valence-corrected chi connectivity index (χ3v) is 1.58. The van der Waals surface area contributed by atoms with Crippen molar-refractivity contribution < 1.29 is 9.84 Å². The zero-order valence-corrected chi connectivity index (χ0v) is 7.40. The highest BCUT2D eigenvalue weighted by molar-refractivity contribution is 5.26. The minimum Gasteiger partial charge on any atom is -0.490 e. The van der Waals surface area contributed by atoms with Gasteiger partial charge in [0.15, 0.2) is 6.10 Å². The number of hydrogen-bond acceptors (Lipinski definition) is 3. The normalized spacial score (nSPS) is 11.8. The van der Waals surface area contributed by atoms with Crippen molar-refractivity contribution in [1.29, 1.82) is 5.26 Å². The molecule has 1 rings (SSSR count). The number of nitrogens with zero attached hydrogens (tertiary/aromatic N) is 1. The summed E-state index contributed by atoms with van der Waals surface area (Å²) < 4.78 is 5.14. The number of rotatable bonds is 3. The summed E-state index contributed by atoms with van der Waals surface area (Å²) in [4.78, 5) is 0. The lowest BCUT2D eigenvalue weighted by molar-refractivity contribution is 0.150. The monoisotopic (exact) mass is 177 g/mol. The molecule has 1 aromatic rings. The molecule has 0 aromatic heterocycles. The van der Waals surface area contributed by atoms with E-state index >= 15 is 0 Å². The van der Waals surface area contributed by atoms with Crippen LogP contribution in [0.5, 0.6) is 5.75 Å². The molecule has 0 saturated heterocycles. The second kappa shape index (κ2) is 4.48. The maximum absolute atomic E-state index is 8.89. The number of aliphatic hydroxyl groups is 1. The molecule has 3 nitrogen and oxygen atoms in total. The molecular formula is C10H11NO2. The number of nitriles is 1. The topological polar surface area (TPSA) is 53.2 Å². The standard InChI is InChI=1S/C10H11NO2/c1-8-2-4-10(5-3-8)13-7-9(12)6-11/h2-5,9,12H,7H2,1H3. The van der Waals surface area contributed by atoms with E-state index in [0.717, 1.165) is 5.56 Å². The molecule has 0 saturated carbocycles. The smallest absolute Gasteiger partial charge is 0.174 e. The van der Waals surface area contributed by atoms with Gasteiger partial charge in [-0.2, -0.15) is 5.26 Å². The van der Waals surface area contributed by atoms with Crippen LogP contribution in [0.2, 0.25) is 0 Å². The molecule has 1 atom stereocenters. The summed E-state index contributed by atoms with van der Waals surface area (Å²) in [5.41, 5.74) is 1.15. The van der Waals surface area contributed by atoms with Crippen LogP contribution in [0.1, 0.15) is 5.56 Å². The molecule has 68 valence electrons. The van der Waals surface area contributed by atoms with Crippen molar-refractivity contribution in [2.24, 2.45) is 0 Å². The van der Waals surface area contributed by atoms with Crippen LogP contribution in [0.4, 0.5) is 0 Å². The van der Waals surface area contributed by atoms with Crippen LogP contribution in [-0.2, 0) is 0 Å². The molecule has 0 aliphatic heterocycles. The first-order chi connectivity index (χ1) is 6.22. The highest BCUT2D eigenvalue weighted by atomic mass is 16.5. The van der Waals surface area contributed by atoms with Gasteiger partial charge in [0.05, 0.1) is 6.07 Å². The zero-order valence-electron chi connectivity index (χ0n) is 7.40. The Hall–Kier alpha value is -1.53. The molecule has 1 N–H and O–H groups in total. The minimum atomic E-state index is -1.05. The first kappa shape index (κ1) is 9.56. The Morgan fingerprint density at radius 1 is 1.46 bits per heavy atom. The molecule has 0 heterocycles. The Bertz CT molecular complexity index is 300. The van der Waals surface area contributed by atoms with Gasteiger partial charge >= 0.3 is 0 Å². The quantitative estimate of drug-likeness (QED) is 0.707. The molecule has 3 heteroatoms. The van der Waals surface area contributed by atoms with Gasteiger partial charge in [-0.05, 0) is 19.1 Å². The van der Waals surface area contributed by atoms with E-state index in [-0.39, 0.29) is 6.61 Å². The zero-order chi connectivity index (χ0) is 9.68. The Kier molecular flexibility index (Phi) is 3.30. The largest absolute Gasteiger partial charge is 0.490 e. The predicted molar refractivity (Wildman–Crippen MR) is 48.3 cm³/mol. The average molecular weight is 177 g/mol. The second-order valence-electron chi connectivity index (χ2n) is 2.77. The van der Waals surface area contributed by atoms with Gasteiger partial charge < -0.3 is 9.84 Å². The Labute approximate surface area is 77.2 Å². The summed E-state index contributed by atoms with van der Waals surface area (Å²) in [5, 5.41) is 17.2. The van der Waals surface area contributed by atoms with E-state index in [9.17, 15) is 0 Å². The highest BCUT2D eigenvalue weighted by Gasteiger charge is 2.01. The van der Waals surface area contributed by atoms with E-state index in [1.165, 1.54) is 0 Å². The molecule has 1 aromatic carbocycles. The molecule has 0 bridgehead atoms. The Balaban J connectivity index is 2.47. The van der Waals surface area contributed by atoms with Gasteiger partial charge in [0.2, 0.25) is 0 Å². The summed E-state index contributed by atoms with van der Waals surface area (Å²) in [6, 6.07) is 9.11. The SMILES string of the molecule is Cc1ccc(OCC(O)C#N)cc1. The number of benzene rings is 1. The molecule has 0 radical (unpaired) electrons. The molecule has 0 amide bonds. The fraction of sp³-hybridized carbons (Fsp3) is 0.300. The Morgan fingerprint density at radius 3 is 2.62 bits per heavy atom. The minimum absolute atomic E-state index is 0.0135. The number of hydrogen-bond donors (Lipinski definition) is 1. The lowest BCUT2D eigenvalue weighted by Gasteiger charge is -2.06. The van der Waals surface area contributed by atoms with Gasteiger partial charge in [0.1, 0.15) is 12.4 Å². The Morgan fingerprint density at radius 2 is 2.08 bits per heavy atom. The van der Waals surface area contributed by atoms with E-state index in [0.29, 0.717) is 5.75 Å². The summed E-state index contributed by atoms with van der Waals surface area (Å²) >= 11 is 0. The van der Waals surface area contributed by atoms with Gasteiger partial charge in [0, 0.05) is 0 Å². The third-order valence-electron chi connectivity index (χ3n) is 1.58. The van der Waals surface area contributed by atoms with Crippen molar-refractivity contribution >= 4 is 0 Å². The van der Waals surface area contributed by atoms with Crippen molar-refractivity contribution in [2.75, 3.05) is 6.61 Å². The van der Waals surface area contributed by atoms with Crippen LogP contribution >= 0.6 is 0 Å². The van der Waals surface area contributed by atoms with Gasteiger partial charge in [-0.15, -0.1) is 0 Å². The van der Waals surface area contributed by atoms with Gasteiger partial charge in [0.25, 0.3) is 0 Å². The van der Waals surface area contributed by atoms with E-state index in [1.807, 2.05) is 19.1 Å². The number of aryl methyl sites for hydroxylation is 1. The molecule has 0 aliphatic rings. The number of aliphatic hydroxyl groups excluding tert-OH is 1. The third kappa shape index (κ3) is 3.14. The van der Waals surface area contributed by atoms with Crippen LogP contribution in [0.25, 0.3) is 0 Å². The van der Waals surface area contributed by atoms with Crippen molar-refractivity contribution in [3.63, 3.8) is 0 Å². The highest BCUT2D eigenvalue weighted by Crippen LogP contribution is 2.11. The molecule has 0 spiro atoms. The summed E-state index contributed by atoms with van der Waals surface area (Å²) in [7, 11) is 0. The van der Waals surface area contributed by atoms with Crippen LogP contribution in [0.15, 0.2) is 24.3 Å². The average Bonchev–Trinajstić information content (AvgIpc) is 2.16. The molecule has 0 fully saturated rings. The van der Waals surface area contributed by atoms with Crippen LogP contribution in [0, 0.1) is 18.3 Å². The van der Waals surface area contributed by atoms with E-state index in [2.05, 4.69) is 0 Å². The predicted octanol–water partition coefficient (Wildman–Crippen LogP) is 1.26. The van der Waals surface area contributed by atoms with Crippen LogP contribution in [0.3, 0.4) is 0 Å². The summed E-state index contributed by atoms with van der Waals surface area (Å²) in [6.07, 6.45) is -1.05. The van der Waals surface area contributed by atoms with E-state index in [1.54, 1.807) is 18.2 Å². The fourth-order valence-electron chi connectivity index (χ4n) is 0.847. The molecular weight excluding hydrogens is 166 g/mol. The summed E-state index contributed by atoms with van der Waals surface area (Å²) in [5.74, 6) is 0.667. The van der Waals surface area contributed by atoms with E-state index in [4.69, 9.17) is 15.1 Å². The lowest BCUT2D eigenvalue weighted by Crippen LogP contribution is -2.14. The van der Waals surface area contributed by atoms with Gasteiger partial charge in [-0.1, -0.05) is 17.7 Å². The number of ether oxygens (including phenoxy) is 1. The summed E-state index contributed by atoms with van der Waals surface area (Å²) in [6.45, 7) is 1.99. The maximum Gasteiger partial charge on any atom is 0.174 e. The molecule has 0 aliphatic carbocycles. The van der Waals surface area contributed by atoms with Crippen LogP contribution < -0.4 is 4.74 Å². The van der Waals surface area contributed by atoms with Crippen molar-refractivity contribution in [2.45, 2.75) is 13.0 Å². The van der Waals surface area contributed by atoms with Gasteiger partial charge in [-0.3, -0.25) is 0 Å². The van der Waals surface area contributed by atoms with E-state index < -0.39 is 6.10 Å².